The Morgan fingerprint density at radius 1 is 1.89 bits per heavy atom. The van der Waals surface area contributed by atoms with Gasteiger partial charge in [-0.1, -0.05) is 0 Å². The number of carbonyl (C=O) groups is 1. The molecule has 2 amide bonds. The molecule has 0 unspecified atom stereocenters. The topological polar surface area (TPSA) is 32.3 Å². The SMILES string of the molecule is CCN1CC=CNC1=O. The summed E-state index contributed by atoms with van der Waals surface area (Å²) in [5.74, 6) is 0. The van der Waals surface area contributed by atoms with E-state index in [1.165, 1.54) is 0 Å². The van der Waals surface area contributed by atoms with Crippen LogP contribution in [0.15, 0.2) is 12.3 Å². The number of carbonyl (C=O) groups excluding carboxylic acids is 1. The van der Waals surface area contributed by atoms with Gasteiger partial charge in [-0.25, -0.2) is 4.79 Å². The van der Waals surface area contributed by atoms with Gasteiger partial charge in [0.25, 0.3) is 0 Å². The van der Waals surface area contributed by atoms with E-state index in [4.69, 9.17) is 0 Å². The van der Waals surface area contributed by atoms with Crippen molar-refractivity contribution >= 4 is 6.03 Å². The van der Waals surface area contributed by atoms with E-state index in [2.05, 4.69) is 5.32 Å². The summed E-state index contributed by atoms with van der Waals surface area (Å²) in [4.78, 5) is 12.5. The first-order valence-electron chi connectivity index (χ1n) is 3.05. The summed E-state index contributed by atoms with van der Waals surface area (Å²) in [7, 11) is 0. The fraction of sp³-hybridized carbons (Fsp3) is 0.500. The fourth-order valence-corrected chi connectivity index (χ4v) is 0.757. The minimum Gasteiger partial charge on any atom is -0.321 e. The zero-order valence-electron chi connectivity index (χ0n) is 5.42. The fourth-order valence-electron chi connectivity index (χ4n) is 0.757. The number of nitrogens with zero attached hydrogens (tertiary/aromatic N) is 1. The van der Waals surface area contributed by atoms with E-state index in [-0.39, 0.29) is 6.03 Å². The Kier molecular flexibility index (Phi) is 1.72. The Balaban J connectivity index is 2.53. The molecule has 0 spiro atoms. The van der Waals surface area contributed by atoms with Crippen molar-refractivity contribution in [3.8, 4) is 0 Å². The van der Waals surface area contributed by atoms with Crippen LogP contribution in [0.3, 0.4) is 0 Å². The number of urea groups is 1. The van der Waals surface area contributed by atoms with E-state index in [1.807, 2.05) is 13.0 Å². The van der Waals surface area contributed by atoms with Crippen molar-refractivity contribution in [3.63, 3.8) is 0 Å². The highest BCUT2D eigenvalue weighted by Gasteiger charge is 2.09. The van der Waals surface area contributed by atoms with Gasteiger partial charge in [-0.15, -0.1) is 0 Å². The Bertz CT molecular complexity index is 142. The van der Waals surface area contributed by atoms with Crippen molar-refractivity contribution in [2.75, 3.05) is 13.1 Å². The predicted octanol–water partition coefficient (Wildman–Crippen LogP) is 0.545. The second-order valence-corrected chi connectivity index (χ2v) is 1.89. The normalized spacial score (nSPS) is 17.9. The summed E-state index contributed by atoms with van der Waals surface area (Å²) in [6.45, 7) is 3.47. The van der Waals surface area contributed by atoms with Crippen LogP contribution in [0, 0.1) is 0 Å². The Labute approximate surface area is 54.3 Å². The maximum absolute atomic E-state index is 10.8. The lowest BCUT2D eigenvalue weighted by Gasteiger charge is -2.21. The third-order valence-electron chi connectivity index (χ3n) is 1.32. The molecule has 0 radical (unpaired) electrons. The largest absolute Gasteiger partial charge is 0.321 e. The summed E-state index contributed by atoms with van der Waals surface area (Å²) < 4.78 is 0. The third-order valence-corrected chi connectivity index (χ3v) is 1.32. The molecule has 0 atom stereocenters. The molecule has 0 aliphatic carbocycles. The first kappa shape index (κ1) is 6.13. The van der Waals surface area contributed by atoms with E-state index >= 15 is 0 Å². The number of likely N-dealkylation sites (N-methyl/N-ethyl adjacent to an activating group) is 1. The number of nitrogens with one attached hydrogen (secondary N) is 1. The van der Waals surface area contributed by atoms with Crippen molar-refractivity contribution in [2.45, 2.75) is 6.92 Å². The zero-order valence-corrected chi connectivity index (χ0v) is 5.42. The summed E-state index contributed by atoms with van der Waals surface area (Å²) in [6, 6.07) is 0.000000000000000222. The molecule has 0 aromatic carbocycles. The van der Waals surface area contributed by atoms with Crippen LogP contribution in [-0.4, -0.2) is 24.0 Å². The van der Waals surface area contributed by atoms with Crippen LogP contribution < -0.4 is 5.32 Å². The predicted molar refractivity (Wildman–Crippen MR) is 34.9 cm³/mol. The lowest BCUT2D eigenvalue weighted by atomic mass is 10.4. The molecular formula is C6H10N2O. The molecule has 0 bridgehead atoms. The van der Waals surface area contributed by atoms with Crippen LogP contribution in [0.4, 0.5) is 4.79 Å². The number of amides is 2. The van der Waals surface area contributed by atoms with Gasteiger partial charge in [0.05, 0.1) is 0 Å². The van der Waals surface area contributed by atoms with Crippen LogP contribution in [0.5, 0.6) is 0 Å². The van der Waals surface area contributed by atoms with Crippen molar-refractivity contribution in [2.24, 2.45) is 0 Å². The van der Waals surface area contributed by atoms with E-state index in [1.54, 1.807) is 11.1 Å². The summed E-state index contributed by atoms with van der Waals surface area (Å²) >= 11 is 0. The van der Waals surface area contributed by atoms with Gasteiger partial charge in [0.1, 0.15) is 0 Å². The highest BCUT2D eigenvalue weighted by molar-refractivity contribution is 5.76. The van der Waals surface area contributed by atoms with Crippen LogP contribution >= 0.6 is 0 Å². The quantitative estimate of drug-likeness (QED) is 0.546. The smallest absolute Gasteiger partial charge is 0.321 e. The van der Waals surface area contributed by atoms with E-state index < -0.39 is 0 Å². The molecule has 0 aromatic rings. The minimum atomic E-state index is 0.000000000000000222. The second kappa shape index (κ2) is 2.53. The molecular weight excluding hydrogens is 116 g/mol. The van der Waals surface area contributed by atoms with Gasteiger partial charge >= 0.3 is 6.03 Å². The van der Waals surface area contributed by atoms with E-state index in [0.29, 0.717) is 0 Å². The number of hydrogen-bond acceptors (Lipinski definition) is 1. The lowest BCUT2D eigenvalue weighted by molar-refractivity contribution is 0.207. The molecule has 50 valence electrons. The Morgan fingerprint density at radius 3 is 3.11 bits per heavy atom. The molecule has 1 aliphatic rings. The minimum absolute atomic E-state index is 0.000000000000000222. The van der Waals surface area contributed by atoms with Crippen molar-refractivity contribution < 1.29 is 4.79 Å². The van der Waals surface area contributed by atoms with Crippen LogP contribution in [0.1, 0.15) is 6.92 Å². The third kappa shape index (κ3) is 1.22. The Hall–Kier alpha value is -0.990. The van der Waals surface area contributed by atoms with Gasteiger partial charge in [-0.05, 0) is 13.0 Å². The molecule has 3 nitrogen and oxygen atoms in total. The maximum atomic E-state index is 10.8. The van der Waals surface area contributed by atoms with Gasteiger partial charge < -0.3 is 10.2 Å². The van der Waals surface area contributed by atoms with Gasteiger partial charge in [-0.2, -0.15) is 0 Å². The van der Waals surface area contributed by atoms with Crippen LogP contribution in [0.25, 0.3) is 0 Å². The summed E-state index contributed by atoms with van der Waals surface area (Å²) in [5.41, 5.74) is 0. The monoisotopic (exact) mass is 126 g/mol. The van der Waals surface area contributed by atoms with E-state index in [0.717, 1.165) is 13.1 Å². The molecule has 1 heterocycles. The summed E-state index contributed by atoms with van der Waals surface area (Å²) in [6.07, 6.45) is 3.60. The molecule has 0 fully saturated rings. The van der Waals surface area contributed by atoms with Crippen molar-refractivity contribution in [3.05, 3.63) is 12.3 Å². The van der Waals surface area contributed by atoms with Crippen LogP contribution in [-0.2, 0) is 0 Å². The zero-order chi connectivity index (χ0) is 6.69. The first-order valence-corrected chi connectivity index (χ1v) is 3.05. The molecule has 1 aliphatic heterocycles. The van der Waals surface area contributed by atoms with Crippen molar-refractivity contribution in [1.29, 1.82) is 0 Å². The molecule has 0 saturated heterocycles. The lowest BCUT2D eigenvalue weighted by Crippen LogP contribution is -2.40. The molecule has 1 rings (SSSR count). The first-order chi connectivity index (χ1) is 4.34. The molecule has 1 N–H and O–H groups in total. The standard InChI is InChI=1S/C6H10N2O/c1-2-8-5-3-4-7-6(8)9/h3-4H,2,5H2,1H3,(H,7,9). The van der Waals surface area contributed by atoms with Gasteiger partial charge in [0, 0.05) is 19.3 Å². The maximum Gasteiger partial charge on any atom is 0.321 e. The van der Waals surface area contributed by atoms with Gasteiger partial charge in [0.15, 0.2) is 0 Å². The Morgan fingerprint density at radius 2 is 2.67 bits per heavy atom. The number of hydrogen-bond donors (Lipinski definition) is 1. The highest BCUT2D eigenvalue weighted by Crippen LogP contribution is 1.93. The van der Waals surface area contributed by atoms with Gasteiger partial charge in [-0.3, -0.25) is 0 Å². The average Bonchev–Trinajstić information content (AvgIpc) is 1.89. The van der Waals surface area contributed by atoms with E-state index in [9.17, 15) is 4.79 Å². The highest BCUT2D eigenvalue weighted by atomic mass is 16.2. The summed E-state index contributed by atoms with van der Waals surface area (Å²) in [5, 5.41) is 2.59. The molecule has 0 aromatic heterocycles. The average molecular weight is 126 g/mol. The molecule has 9 heavy (non-hydrogen) atoms. The molecule has 3 heteroatoms. The van der Waals surface area contributed by atoms with Crippen molar-refractivity contribution in [1.82, 2.24) is 10.2 Å². The van der Waals surface area contributed by atoms with Crippen LogP contribution in [0.2, 0.25) is 0 Å². The number of rotatable bonds is 1. The van der Waals surface area contributed by atoms with Gasteiger partial charge in [0.2, 0.25) is 0 Å². The second-order valence-electron chi connectivity index (χ2n) is 1.89. The molecule has 0 saturated carbocycles.